The molecule has 0 aliphatic carbocycles. The monoisotopic (exact) mass is 410 g/mol. The number of hydrogen-bond acceptors (Lipinski definition) is 7. The first kappa shape index (κ1) is 18.4. The fraction of sp³-hybridized carbons (Fsp3) is 0.350. The molecule has 3 aromatic rings. The van der Waals surface area contributed by atoms with Crippen LogP contribution in [-0.4, -0.2) is 77.9 Å². The number of aromatic nitrogens is 3. The van der Waals surface area contributed by atoms with E-state index in [1.54, 1.807) is 35.0 Å². The van der Waals surface area contributed by atoms with Crippen LogP contribution in [0.5, 0.6) is 0 Å². The number of anilines is 1. The molecule has 9 heteroatoms. The molecule has 0 N–H and O–H groups in total. The van der Waals surface area contributed by atoms with Gasteiger partial charge in [0.05, 0.1) is 5.52 Å². The Balaban J connectivity index is 1.24. The molecular weight excluding hydrogens is 388 g/mol. The molecule has 0 amide bonds. The summed E-state index contributed by atoms with van der Waals surface area (Å²) >= 11 is 0. The summed E-state index contributed by atoms with van der Waals surface area (Å²) in [6.07, 6.45) is 5.15. The Morgan fingerprint density at radius 3 is 2.28 bits per heavy atom. The van der Waals surface area contributed by atoms with Crippen molar-refractivity contribution in [1.82, 2.24) is 24.2 Å². The average Bonchev–Trinajstić information content (AvgIpc) is 2.73. The van der Waals surface area contributed by atoms with Crippen molar-refractivity contribution in [3.63, 3.8) is 0 Å². The van der Waals surface area contributed by atoms with Crippen molar-refractivity contribution in [2.24, 2.45) is 0 Å². The average molecular weight is 411 g/mol. The summed E-state index contributed by atoms with van der Waals surface area (Å²) in [5.74, 6) is 0.758. The maximum absolute atomic E-state index is 13.1. The van der Waals surface area contributed by atoms with E-state index < -0.39 is 10.0 Å². The first-order valence-electron chi connectivity index (χ1n) is 9.73. The van der Waals surface area contributed by atoms with Gasteiger partial charge in [-0.05, 0) is 18.2 Å². The van der Waals surface area contributed by atoms with Gasteiger partial charge in [-0.15, -0.1) is 0 Å². The first-order chi connectivity index (χ1) is 14.1. The SMILES string of the molecule is O=S(=O)(c1cccc2cccnc12)N1CC(N2CCN(c3ncccn3)CC2)C1. The van der Waals surface area contributed by atoms with E-state index in [4.69, 9.17) is 0 Å². The van der Waals surface area contributed by atoms with Crippen LogP contribution < -0.4 is 4.90 Å². The molecule has 1 aromatic carbocycles. The van der Waals surface area contributed by atoms with Crippen molar-refractivity contribution in [2.75, 3.05) is 44.2 Å². The zero-order valence-corrected chi connectivity index (χ0v) is 16.7. The summed E-state index contributed by atoms with van der Waals surface area (Å²) in [6, 6.07) is 11.1. The van der Waals surface area contributed by atoms with Crippen LogP contribution >= 0.6 is 0 Å². The molecule has 2 fully saturated rings. The van der Waals surface area contributed by atoms with E-state index in [2.05, 4.69) is 24.8 Å². The summed E-state index contributed by atoms with van der Waals surface area (Å²) in [5.41, 5.74) is 0.537. The van der Waals surface area contributed by atoms with Gasteiger partial charge in [-0.1, -0.05) is 18.2 Å². The summed E-state index contributed by atoms with van der Waals surface area (Å²) in [5, 5.41) is 0.838. The highest BCUT2D eigenvalue weighted by Gasteiger charge is 2.41. The van der Waals surface area contributed by atoms with Gasteiger partial charge in [0.2, 0.25) is 16.0 Å². The van der Waals surface area contributed by atoms with Crippen LogP contribution in [0.4, 0.5) is 5.95 Å². The Bertz CT molecular complexity index is 1100. The maximum Gasteiger partial charge on any atom is 0.245 e. The van der Waals surface area contributed by atoms with Gasteiger partial charge in [0.25, 0.3) is 0 Å². The lowest BCUT2D eigenvalue weighted by atomic mass is 10.1. The van der Waals surface area contributed by atoms with Crippen LogP contribution in [0.15, 0.2) is 59.9 Å². The number of piperazine rings is 1. The van der Waals surface area contributed by atoms with Crippen LogP contribution in [0.2, 0.25) is 0 Å². The Morgan fingerprint density at radius 2 is 1.52 bits per heavy atom. The van der Waals surface area contributed by atoms with Crippen LogP contribution in [0.1, 0.15) is 0 Å². The topological polar surface area (TPSA) is 82.5 Å². The number of hydrogen-bond donors (Lipinski definition) is 0. The zero-order valence-electron chi connectivity index (χ0n) is 15.9. The zero-order chi connectivity index (χ0) is 19.8. The van der Waals surface area contributed by atoms with E-state index in [9.17, 15) is 8.42 Å². The molecule has 0 spiro atoms. The molecular formula is C20H22N6O2S. The summed E-state index contributed by atoms with van der Waals surface area (Å²) in [4.78, 5) is 17.8. The van der Waals surface area contributed by atoms with Crippen molar-refractivity contribution in [2.45, 2.75) is 10.9 Å². The first-order valence-corrected chi connectivity index (χ1v) is 11.2. The highest BCUT2D eigenvalue weighted by molar-refractivity contribution is 7.89. The van der Waals surface area contributed by atoms with Crippen molar-refractivity contribution in [3.8, 4) is 0 Å². The second-order valence-electron chi connectivity index (χ2n) is 7.38. The number of nitrogens with zero attached hydrogens (tertiary/aromatic N) is 6. The molecule has 8 nitrogen and oxygen atoms in total. The molecule has 2 aliphatic heterocycles. The Labute approximate surface area is 169 Å². The van der Waals surface area contributed by atoms with E-state index in [1.807, 2.05) is 24.3 Å². The predicted molar refractivity (Wildman–Crippen MR) is 110 cm³/mol. The molecule has 0 saturated carbocycles. The molecule has 0 atom stereocenters. The van der Waals surface area contributed by atoms with E-state index in [-0.39, 0.29) is 6.04 Å². The Kier molecular flexibility index (Phi) is 4.65. The molecule has 29 heavy (non-hydrogen) atoms. The van der Waals surface area contributed by atoms with Crippen LogP contribution in [0.3, 0.4) is 0 Å². The van der Waals surface area contributed by atoms with Crippen molar-refractivity contribution in [3.05, 3.63) is 55.0 Å². The molecule has 2 aromatic heterocycles. The third kappa shape index (κ3) is 3.35. The number of para-hydroxylation sites is 1. The second kappa shape index (κ2) is 7.33. The van der Waals surface area contributed by atoms with Crippen LogP contribution in [-0.2, 0) is 10.0 Å². The van der Waals surface area contributed by atoms with E-state index in [1.165, 1.54) is 0 Å². The standard InChI is InChI=1S/C20H22N6O2S/c27-29(28,18-6-1-4-16-5-2-7-21-19(16)18)26-14-17(15-26)24-10-12-25(13-11-24)20-22-8-3-9-23-20/h1-9,17H,10-15H2. The van der Waals surface area contributed by atoms with Gasteiger partial charge in [-0.2, -0.15) is 4.31 Å². The lowest BCUT2D eigenvalue weighted by molar-refractivity contribution is 0.0826. The molecule has 0 bridgehead atoms. The third-order valence-electron chi connectivity index (χ3n) is 5.71. The van der Waals surface area contributed by atoms with Gasteiger partial charge in [-0.3, -0.25) is 9.88 Å². The molecule has 2 saturated heterocycles. The van der Waals surface area contributed by atoms with E-state index >= 15 is 0 Å². The number of fused-ring (bicyclic) bond motifs is 1. The minimum absolute atomic E-state index is 0.256. The van der Waals surface area contributed by atoms with Gasteiger partial charge >= 0.3 is 0 Å². The van der Waals surface area contributed by atoms with Gasteiger partial charge in [-0.25, -0.2) is 18.4 Å². The predicted octanol–water partition coefficient (Wildman–Crippen LogP) is 1.22. The quantitative estimate of drug-likeness (QED) is 0.640. The smallest absolute Gasteiger partial charge is 0.245 e. The number of benzene rings is 1. The van der Waals surface area contributed by atoms with Crippen LogP contribution in [0, 0.1) is 0 Å². The summed E-state index contributed by atoms with van der Waals surface area (Å²) < 4.78 is 27.8. The third-order valence-corrected chi connectivity index (χ3v) is 7.57. The van der Waals surface area contributed by atoms with E-state index in [0.717, 1.165) is 37.5 Å². The van der Waals surface area contributed by atoms with Gasteiger partial charge < -0.3 is 4.90 Å². The second-order valence-corrected chi connectivity index (χ2v) is 9.29. The van der Waals surface area contributed by atoms with Gasteiger partial charge in [0.1, 0.15) is 4.90 Å². The highest BCUT2D eigenvalue weighted by Crippen LogP contribution is 2.29. The summed E-state index contributed by atoms with van der Waals surface area (Å²) in [7, 11) is -3.54. The van der Waals surface area contributed by atoms with Gasteiger partial charge in [0.15, 0.2) is 0 Å². The highest BCUT2D eigenvalue weighted by atomic mass is 32.2. The van der Waals surface area contributed by atoms with Crippen molar-refractivity contribution < 1.29 is 8.42 Å². The lowest BCUT2D eigenvalue weighted by Gasteiger charge is -2.47. The van der Waals surface area contributed by atoms with E-state index in [0.29, 0.717) is 23.5 Å². The minimum Gasteiger partial charge on any atom is -0.338 e. The molecule has 2 aliphatic rings. The number of pyridine rings is 1. The molecule has 0 radical (unpaired) electrons. The number of rotatable bonds is 4. The number of sulfonamides is 1. The lowest BCUT2D eigenvalue weighted by Crippen LogP contribution is -2.64. The van der Waals surface area contributed by atoms with Crippen LogP contribution in [0.25, 0.3) is 10.9 Å². The minimum atomic E-state index is -3.54. The Hall–Kier alpha value is -2.62. The summed E-state index contributed by atoms with van der Waals surface area (Å²) in [6.45, 7) is 4.50. The fourth-order valence-corrected chi connectivity index (χ4v) is 5.69. The van der Waals surface area contributed by atoms with Crippen molar-refractivity contribution in [1.29, 1.82) is 0 Å². The molecule has 4 heterocycles. The largest absolute Gasteiger partial charge is 0.338 e. The normalized spacial score (nSPS) is 19.4. The Morgan fingerprint density at radius 1 is 0.828 bits per heavy atom. The van der Waals surface area contributed by atoms with Crippen molar-refractivity contribution >= 4 is 26.9 Å². The molecule has 150 valence electrons. The molecule has 5 rings (SSSR count). The fourth-order valence-electron chi connectivity index (χ4n) is 4.01. The van der Waals surface area contributed by atoms with Gasteiger partial charge in [0, 0.05) is 69.3 Å². The maximum atomic E-state index is 13.1. The molecule has 0 unspecified atom stereocenters.